The Hall–Kier alpha value is -2.55. The summed E-state index contributed by atoms with van der Waals surface area (Å²) >= 11 is 0. The summed E-state index contributed by atoms with van der Waals surface area (Å²) in [5, 5.41) is 2.17. The van der Waals surface area contributed by atoms with Crippen molar-refractivity contribution in [2.45, 2.75) is 0 Å². The van der Waals surface area contributed by atoms with Crippen molar-refractivity contribution in [3.05, 3.63) is 53.8 Å². The van der Waals surface area contributed by atoms with Gasteiger partial charge in [0, 0.05) is 12.7 Å². The predicted molar refractivity (Wildman–Crippen MR) is 80.1 cm³/mol. The van der Waals surface area contributed by atoms with E-state index in [1.807, 2.05) is 0 Å². The monoisotopic (exact) mass is 339 g/mol. The second-order valence-electron chi connectivity index (χ2n) is 4.90. The third-order valence-electron chi connectivity index (χ3n) is 3.29. The molecule has 0 spiro atoms. The van der Waals surface area contributed by atoms with Crippen LogP contribution in [0.2, 0.25) is 0 Å². The van der Waals surface area contributed by atoms with Crippen LogP contribution in [-0.2, 0) is 14.8 Å². The first kappa shape index (κ1) is 15.3. The number of carbonyl (C=O) groups excluding carboxylic acids is 1. The molecule has 0 atom stereocenters. The average molecular weight is 339 g/mol. The summed E-state index contributed by atoms with van der Waals surface area (Å²) in [6.07, 6.45) is 4.09. The lowest BCUT2D eigenvalue weighted by molar-refractivity contribution is -0.112. The molecule has 0 bridgehead atoms. The van der Waals surface area contributed by atoms with Gasteiger partial charge < -0.3 is 10.2 Å². The van der Waals surface area contributed by atoms with Gasteiger partial charge in [0.1, 0.15) is 23.2 Å². The van der Waals surface area contributed by atoms with Crippen LogP contribution in [0, 0.1) is 11.6 Å². The summed E-state index contributed by atoms with van der Waals surface area (Å²) in [5.74, 6) is -2.45. The molecule has 6 nitrogen and oxygen atoms in total. The summed E-state index contributed by atoms with van der Waals surface area (Å²) in [6, 6.07) is 3.26. The summed E-state index contributed by atoms with van der Waals surface area (Å²) in [6.45, 7) is 0.149. The van der Waals surface area contributed by atoms with Crippen LogP contribution in [-0.4, -0.2) is 37.4 Å². The third-order valence-corrected chi connectivity index (χ3v) is 4.45. The van der Waals surface area contributed by atoms with Gasteiger partial charge in [-0.05, 0) is 24.3 Å². The van der Waals surface area contributed by atoms with Crippen LogP contribution in [0.4, 0.5) is 14.5 Å². The molecule has 9 heteroatoms. The summed E-state index contributed by atoms with van der Waals surface area (Å²) < 4.78 is 53.5. The lowest BCUT2D eigenvalue weighted by atomic mass is 10.1. The van der Waals surface area contributed by atoms with Crippen LogP contribution in [0.3, 0.4) is 0 Å². The number of rotatable bonds is 2. The average Bonchev–Trinajstić information content (AvgIpc) is 2.49. The molecular formula is C14H11F2N3O3S. The summed E-state index contributed by atoms with van der Waals surface area (Å²) in [7, 11) is -3.48. The van der Waals surface area contributed by atoms with Crippen LogP contribution in [0.15, 0.2) is 46.5 Å². The maximum absolute atomic E-state index is 13.5. The Morgan fingerprint density at radius 1 is 1.22 bits per heavy atom. The van der Waals surface area contributed by atoms with E-state index in [2.05, 4.69) is 9.71 Å². The lowest BCUT2D eigenvalue weighted by Crippen LogP contribution is -2.37. The molecule has 120 valence electrons. The van der Waals surface area contributed by atoms with E-state index in [1.165, 1.54) is 29.3 Å². The molecule has 0 radical (unpaired) electrons. The topological polar surface area (TPSA) is 78.8 Å². The number of para-hydroxylation sites is 1. The molecular weight excluding hydrogens is 328 g/mol. The number of benzene rings is 1. The molecule has 2 heterocycles. The maximum Gasteiger partial charge on any atom is 0.257 e. The highest BCUT2D eigenvalue weighted by atomic mass is 32.2. The third kappa shape index (κ3) is 3.14. The Bertz CT molecular complexity index is 855. The van der Waals surface area contributed by atoms with E-state index in [1.54, 1.807) is 0 Å². The van der Waals surface area contributed by atoms with Gasteiger partial charge in [-0.3, -0.25) is 4.79 Å². The second kappa shape index (κ2) is 5.58. The highest BCUT2D eigenvalue weighted by molar-refractivity contribution is 7.90. The molecule has 0 fully saturated rings. The molecule has 0 aliphatic carbocycles. The van der Waals surface area contributed by atoms with Crippen molar-refractivity contribution >= 4 is 27.5 Å². The highest BCUT2D eigenvalue weighted by Gasteiger charge is 2.25. The van der Waals surface area contributed by atoms with Crippen LogP contribution in [0.1, 0.15) is 0 Å². The summed E-state index contributed by atoms with van der Waals surface area (Å²) in [4.78, 5) is 13.6. The van der Waals surface area contributed by atoms with Gasteiger partial charge in [0.2, 0.25) is 0 Å². The smallest absolute Gasteiger partial charge is 0.257 e. The van der Waals surface area contributed by atoms with Crippen molar-refractivity contribution in [2.75, 3.05) is 17.6 Å². The van der Waals surface area contributed by atoms with E-state index in [-0.39, 0.29) is 23.7 Å². The largest absolute Gasteiger partial charge is 0.330 e. The number of anilines is 1. The fourth-order valence-electron chi connectivity index (χ4n) is 2.14. The molecule has 23 heavy (non-hydrogen) atoms. The number of hydrogen-bond acceptors (Lipinski definition) is 4. The first-order valence-electron chi connectivity index (χ1n) is 6.60. The first-order chi connectivity index (χ1) is 10.9. The fraction of sp³-hybridized carbons (Fsp3) is 0.143. The van der Waals surface area contributed by atoms with E-state index in [9.17, 15) is 22.0 Å². The van der Waals surface area contributed by atoms with Crippen molar-refractivity contribution in [2.24, 2.45) is 4.40 Å². The lowest BCUT2D eigenvalue weighted by Gasteiger charge is -2.26. The SMILES string of the molecule is O=C(Nc1c(F)cccc1F)C1=CN2CCS(=O)(=O)N=C2C=C1. The normalized spacial score (nSPS) is 18.8. The van der Waals surface area contributed by atoms with Gasteiger partial charge in [0.05, 0.1) is 11.3 Å². The Balaban J connectivity index is 1.83. The first-order valence-corrected chi connectivity index (χ1v) is 8.21. The van der Waals surface area contributed by atoms with Crippen molar-refractivity contribution < 1.29 is 22.0 Å². The number of nitrogens with one attached hydrogen (secondary N) is 1. The van der Waals surface area contributed by atoms with Crippen molar-refractivity contribution in [1.82, 2.24) is 4.90 Å². The van der Waals surface area contributed by atoms with E-state index < -0.39 is 33.3 Å². The molecule has 1 N–H and O–H groups in total. The van der Waals surface area contributed by atoms with Gasteiger partial charge >= 0.3 is 0 Å². The van der Waals surface area contributed by atoms with Gasteiger partial charge in [0.25, 0.3) is 15.9 Å². The van der Waals surface area contributed by atoms with Crippen molar-refractivity contribution in [3.8, 4) is 0 Å². The molecule has 0 saturated heterocycles. The van der Waals surface area contributed by atoms with Crippen molar-refractivity contribution in [3.63, 3.8) is 0 Å². The van der Waals surface area contributed by atoms with Gasteiger partial charge in [-0.1, -0.05) is 6.07 Å². The van der Waals surface area contributed by atoms with Crippen molar-refractivity contribution in [1.29, 1.82) is 0 Å². The minimum atomic E-state index is -3.48. The number of amides is 1. The number of amidine groups is 1. The fourth-order valence-corrected chi connectivity index (χ4v) is 3.11. The predicted octanol–water partition coefficient (Wildman–Crippen LogP) is 1.40. The molecule has 2 aliphatic heterocycles. The van der Waals surface area contributed by atoms with Crippen LogP contribution in [0.25, 0.3) is 0 Å². The highest BCUT2D eigenvalue weighted by Crippen LogP contribution is 2.21. The zero-order chi connectivity index (χ0) is 16.6. The number of nitrogens with zero attached hydrogens (tertiary/aromatic N) is 2. The summed E-state index contributed by atoms with van der Waals surface area (Å²) in [5.41, 5.74) is -0.404. The number of carbonyl (C=O) groups is 1. The van der Waals surface area contributed by atoms with Gasteiger partial charge in [-0.15, -0.1) is 4.40 Å². The zero-order valence-corrected chi connectivity index (χ0v) is 12.5. The molecule has 0 unspecified atom stereocenters. The van der Waals surface area contributed by atoms with E-state index in [4.69, 9.17) is 0 Å². The maximum atomic E-state index is 13.5. The van der Waals surface area contributed by atoms with Crippen LogP contribution in [0.5, 0.6) is 0 Å². The second-order valence-corrected chi connectivity index (χ2v) is 6.65. The quantitative estimate of drug-likeness (QED) is 0.883. The van der Waals surface area contributed by atoms with E-state index >= 15 is 0 Å². The molecule has 2 aliphatic rings. The molecule has 0 aromatic heterocycles. The molecule has 1 amide bonds. The molecule has 0 saturated carbocycles. The van der Waals surface area contributed by atoms with Crippen LogP contribution < -0.4 is 5.32 Å². The number of sulfonamides is 1. The number of fused-ring (bicyclic) bond motifs is 1. The molecule has 3 rings (SSSR count). The number of halogens is 2. The minimum absolute atomic E-state index is 0.130. The molecule has 1 aromatic carbocycles. The minimum Gasteiger partial charge on any atom is -0.330 e. The Morgan fingerprint density at radius 3 is 2.61 bits per heavy atom. The Kier molecular flexibility index (Phi) is 3.72. The standard InChI is InChI=1S/C14H11F2N3O3S/c15-10-2-1-3-11(16)13(10)17-14(20)9-4-5-12-18-23(21,22)7-6-19(12)8-9/h1-5,8H,6-7H2,(H,17,20). The van der Waals surface area contributed by atoms with Gasteiger partial charge in [-0.25, -0.2) is 17.2 Å². The van der Waals surface area contributed by atoms with Gasteiger partial charge in [0.15, 0.2) is 0 Å². The van der Waals surface area contributed by atoms with Crippen LogP contribution >= 0.6 is 0 Å². The zero-order valence-electron chi connectivity index (χ0n) is 11.7. The molecule has 1 aromatic rings. The Labute approximate surface area is 130 Å². The number of hydrogen-bond donors (Lipinski definition) is 1. The van der Waals surface area contributed by atoms with Gasteiger partial charge in [-0.2, -0.15) is 0 Å². The Morgan fingerprint density at radius 2 is 1.91 bits per heavy atom. The van der Waals surface area contributed by atoms with E-state index in [0.717, 1.165) is 12.1 Å². The van der Waals surface area contributed by atoms with E-state index in [0.29, 0.717) is 0 Å².